The highest BCUT2D eigenvalue weighted by Gasteiger charge is 2.24. The first kappa shape index (κ1) is 12.0. The van der Waals surface area contributed by atoms with Crippen LogP contribution in [0.4, 0.5) is 4.39 Å². The summed E-state index contributed by atoms with van der Waals surface area (Å²) in [6.07, 6.45) is 1.80. The molecule has 0 saturated carbocycles. The van der Waals surface area contributed by atoms with Gasteiger partial charge in [0, 0.05) is 18.7 Å². The molecular weight excluding hydrogens is 219 g/mol. The standard InChI is InChI=1S/C13H17FN2O/c14-12-6-2-1-4-10(12)8-16-7-3-5-11(9-16)13(15)17/h1-2,4,6,11H,3,5,7-9H2,(H2,15,17)/t11-/m1/s1. The second kappa shape index (κ2) is 5.27. The monoisotopic (exact) mass is 236 g/mol. The zero-order chi connectivity index (χ0) is 12.3. The van der Waals surface area contributed by atoms with E-state index in [1.807, 2.05) is 6.07 Å². The first-order valence-electron chi connectivity index (χ1n) is 5.92. The van der Waals surface area contributed by atoms with E-state index in [1.165, 1.54) is 6.07 Å². The van der Waals surface area contributed by atoms with Gasteiger partial charge in [0.25, 0.3) is 0 Å². The number of hydrogen-bond donors (Lipinski definition) is 1. The summed E-state index contributed by atoms with van der Waals surface area (Å²) in [5.41, 5.74) is 5.99. The van der Waals surface area contributed by atoms with Crippen molar-refractivity contribution < 1.29 is 9.18 Å². The minimum atomic E-state index is -0.247. The second-order valence-corrected chi connectivity index (χ2v) is 4.57. The van der Waals surface area contributed by atoms with Crippen LogP contribution in [0.1, 0.15) is 18.4 Å². The number of benzene rings is 1. The Hall–Kier alpha value is -1.42. The van der Waals surface area contributed by atoms with Gasteiger partial charge in [-0.1, -0.05) is 18.2 Å². The van der Waals surface area contributed by atoms with Crippen LogP contribution in [0.2, 0.25) is 0 Å². The van der Waals surface area contributed by atoms with Crippen molar-refractivity contribution >= 4 is 5.91 Å². The lowest BCUT2D eigenvalue weighted by molar-refractivity contribution is -0.123. The van der Waals surface area contributed by atoms with Crippen molar-refractivity contribution in [2.75, 3.05) is 13.1 Å². The van der Waals surface area contributed by atoms with Crippen LogP contribution in [0, 0.1) is 11.7 Å². The Labute approximate surface area is 100 Å². The number of rotatable bonds is 3. The normalized spacial score (nSPS) is 21.4. The summed E-state index contributed by atoms with van der Waals surface area (Å²) in [5, 5.41) is 0. The fraction of sp³-hybridized carbons (Fsp3) is 0.462. The number of carbonyl (C=O) groups excluding carboxylic acids is 1. The molecule has 1 aliphatic heterocycles. The topological polar surface area (TPSA) is 46.3 Å². The number of hydrogen-bond acceptors (Lipinski definition) is 2. The highest BCUT2D eigenvalue weighted by Crippen LogP contribution is 2.19. The highest BCUT2D eigenvalue weighted by molar-refractivity contribution is 5.76. The maximum Gasteiger partial charge on any atom is 0.221 e. The minimum Gasteiger partial charge on any atom is -0.369 e. The molecule has 17 heavy (non-hydrogen) atoms. The van der Waals surface area contributed by atoms with Crippen LogP contribution in [-0.4, -0.2) is 23.9 Å². The van der Waals surface area contributed by atoms with Crippen molar-refractivity contribution in [2.45, 2.75) is 19.4 Å². The molecule has 0 radical (unpaired) electrons. The number of primary amides is 1. The maximum absolute atomic E-state index is 13.5. The Bertz CT molecular complexity index is 408. The molecule has 2 rings (SSSR count). The van der Waals surface area contributed by atoms with Crippen LogP contribution < -0.4 is 5.73 Å². The minimum absolute atomic E-state index is 0.0875. The Morgan fingerprint density at radius 1 is 1.47 bits per heavy atom. The summed E-state index contributed by atoms with van der Waals surface area (Å²) < 4.78 is 13.5. The Morgan fingerprint density at radius 3 is 2.94 bits per heavy atom. The lowest BCUT2D eigenvalue weighted by atomic mass is 9.97. The Morgan fingerprint density at radius 2 is 2.24 bits per heavy atom. The molecule has 92 valence electrons. The number of carbonyl (C=O) groups is 1. The Balaban J connectivity index is 1.99. The summed E-state index contributed by atoms with van der Waals surface area (Å²) in [6.45, 7) is 2.10. The predicted molar refractivity (Wildman–Crippen MR) is 63.6 cm³/mol. The molecule has 0 aliphatic carbocycles. The van der Waals surface area contributed by atoms with Crippen molar-refractivity contribution in [3.05, 3.63) is 35.6 Å². The molecule has 2 N–H and O–H groups in total. The van der Waals surface area contributed by atoms with E-state index in [2.05, 4.69) is 4.90 Å². The maximum atomic E-state index is 13.5. The van der Waals surface area contributed by atoms with Gasteiger partial charge in [0.05, 0.1) is 5.92 Å². The van der Waals surface area contributed by atoms with Crippen LogP contribution in [0.25, 0.3) is 0 Å². The molecule has 1 saturated heterocycles. The number of likely N-dealkylation sites (tertiary alicyclic amines) is 1. The molecular formula is C13H17FN2O. The van der Waals surface area contributed by atoms with Gasteiger partial charge in [-0.3, -0.25) is 9.69 Å². The van der Waals surface area contributed by atoms with Crippen molar-refractivity contribution in [1.29, 1.82) is 0 Å². The molecule has 0 unspecified atom stereocenters. The van der Waals surface area contributed by atoms with Crippen molar-refractivity contribution in [3.63, 3.8) is 0 Å². The lowest BCUT2D eigenvalue weighted by Crippen LogP contribution is -2.40. The molecule has 1 fully saturated rings. The number of nitrogens with two attached hydrogens (primary N) is 1. The average molecular weight is 236 g/mol. The van der Waals surface area contributed by atoms with Gasteiger partial charge in [-0.15, -0.1) is 0 Å². The van der Waals surface area contributed by atoms with E-state index in [9.17, 15) is 9.18 Å². The van der Waals surface area contributed by atoms with E-state index in [0.717, 1.165) is 19.4 Å². The third-order valence-electron chi connectivity index (χ3n) is 3.26. The van der Waals surface area contributed by atoms with Gasteiger partial charge in [-0.2, -0.15) is 0 Å². The number of halogens is 1. The third kappa shape index (κ3) is 3.03. The van der Waals surface area contributed by atoms with Crippen molar-refractivity contribution in [1.82, 2.24) is 4.90 Å². The second-order valence-electron chi connectivity index (χ2n) is 4.57. The van der Waals surface area contributed by atoms with E-state index >= 15 is 0 Å². The molecule has 1 aromatic rings. The van der Waals surface area contributed by atoms with E-state index in [0.29, 0.717) is 18.7 Å². The summed E-state index contributed by atoms with van der Waals surface area (Å²) in [4.78, 5) is 13.2. The average Bonchev–Trinajstić information content (AvgIpc) is 2.32. The van der Waals surface area contributed by atoms with Crippen LogP contribution in [0.15, 0.2) is 24.3 Å². The van der Waals surface area contributed by atoms with E-state index in [-0.39, 0.29) is 17.6 Å². The fourth-order valence-corrected chi connectivity index (χ4v) is 2.30. The molecule has 1 aromatic carbocycles. The third-order valence-corrected chi connectivity index (χ3v) is 3.26. The lowest BCUT2D eigenvalue weighted by Gasteiger charge is -2.31. The van der Waals surface area contributed by atoms with E-state index < -0.39 is 0 Å². The molecule has 1 amide bonds. The highest BCUT2D eigenvalue weighted by atomic mass is 19.1. The molecule has 0 aromatic heterocycles. The first-order valence-corrected chi connectivity index (χ1v) is 5.92. The summed E-state index contributed by atoms with van der Waals surface area (Å²) in [7, 11) is 0. The van der Waals surface area contributed by atoms with Crippen LogP contribution in [-0.2, 0) is 11.3 Å². The van der Waals surface area contributed by atoms with Crippen molar-refractivity contribution in [3.8, 4) is 0 Å². The number of nitrogens with zero attached hydrogens (tertiary/aromatic N) is 1. The zero-order valence-corrected chi connectivity index (χ0v) is 9.73. The molecule has 0 bridgehead atoms. The number of amides is 1. The van der Waals surface area contributed by atoms with Gasteiger partial charge in [0.15, 0.2) is 0 Å². The molecule has 1 heterocycles. The van der Waals surface area contributed by atoms with Gasteiger partial charge >= 0.3 is 0 Å². The van der Waals surface area contributed by atoms with Gasteiger partial charge in [-0.05, 0) is 25.5 Å². The van der Waals surface area contributed by atoms with Gasteiger partial charge in [-0.25, -0.2) is 4.39 Å². The van der Waals surface area contributed by atoms with Gasteiger partial charge in [0.2, 0.25) is 5.91 Å². The van der Waals surface area contributed by atoms with Crippen LogP contribution >= 0.6 is 0 Å². The first-order chi connectivity index (χ1) is 8.16. The molecule has 3 nitrogen and oxygen atoms in total. The summed E-state index contributed by atoms with van der Waals surface area (Å²) >= 11 is 0. The SMILES string of the molecule is NC(=O)[C@@H]1CCCN(Cc2ccccc2F)C1. The van der Waals surface area contributed by atoms with Crippen molar-refractivity contribution in [2.24, 2.45) is 11.7 Å². The van der Waals surface area contributed by atoms with Gasteiger partial charge in [0.1, 0.15) is 5.82 Å². The molecule has 4 heteroatoms. The van der Waals surface area contributed by atoms with Crippen LogP contribution in [0.5, 0.6) is 0 Å². The van der Waals surface area contributed by atoms with Gasteiger partial charge < -0.3 is 5.73 Å². The predicted octanol–water partition coefficient (Wildman–Crippen LogP) is 1.52. The largest absolute Gasteiger partial charge is 0.369 e. The molecule has 0 spiro atoms. The van der Waals surface area contributed by atoms with E-state index in [4.69, 9.17) is 5.73 Å². The molecule has 1 atom stereocenters. The quantitative estimate of drug-likeness (QED) is 0.865. The smallest absolute Gasteiger partial charge is 0.221 e. The number of piperidine rings is 1. The summed E-state index contributed by atoms with van der Waals surface area (Å²) in [6, 6.07) is 6.75. The summed E-state index contributed by atoms with van der Waals surface area (Å²) in [5.74, 6) is -0.521. The Kier molecular flexibility index (Phi) is 3.74. The fourth-order valence-electron chi connectivity index (χ4n) is 2.30. The van der Waals surface area contributed by atoms with E-state index in [1.54, 1.807) is 12.1 Å². The van der Waals surface area contributed by atoms with Crippen LogP contribution in [0.3, 0.4) is 0 Å². The zero-order valence-electron chi connectivity index (χ0n) is 9.73. The molecule has 1 aliphatic rings.